The summed E-state index contributed by atoms with van der Waals surface area (Å²) in [5, 5.41) is 24.2. The average Bonchev–Trinajstić information content (AvgIpc) is 2.59. The van der Waals surface area contributed by atoms with Crippen LogP contribution in [-0.4, -0.2) is 39.6 Å². The maximum absolute atomic E-state index is 11.9. The summed E-state index contributed by atoms with van der Waals surface area (Å²) >= 11 is 1.97. The average molecular weight is 366 g/mol. The highest BCUT2D eigenvalue weighted by Crippen LogP contribution is 2.30. The van der Waals surface area contributed by atoms with E-state index < -0.39 is 17.6 Å². The maximum atomic E-state index is 11.9. The number of thioether (sulfide) groups is 1. The Hall–Kier alpha value is -1.73. The molecule has 1 aromatic rings. The fraction of sp³-hybridized carbons (Fsp3) is 0.556. The van der Waals surface area contributed by atoms with Crippen LogP contribution in [0.1, 0.15) is 44.6 Å². The zero-order chi connectivity index (χ0) is 18.3. The zero-order valence-electron chi connectivity index (χ0n) is 14.5. The standard InChI is InChI=1S/C18H26N2O4S/c1-18(24,16(21)22)12-19-17(23)20-14-7-5-6-13(10-14)11-25-15-8-3-2-4-9-15/h5-7,10,15,24H,2-4,8-9,11-12H2,1H3,(H,21,22)(H2,19,20,23). The first-order chi connectivity index (χ1) is 11.9. The van der Waals surface area contributed by atoms with Gasteiger partial charge >= 0.3 is 12.0 Å². The van der Waals surface area contributed by atoms with Crippen molar-refractivity contribution in [2.45, 2.75) is 55.6 Å². The monoisotopic (exact) mass is 366 g/mol. The number of carboxylic acid groups (broad SMARTS) is 1. The predicted octanol–water partition coefficient (Wildman–Crippen LogP) is 3.21. The van der Waals surface area contributed by atoms with Gasteiger partial charge in [-0.15, -0.1) is 0 Å². The third-order valence-corrected chi connectivity index (χ3v) is 5.72. The molecule has 1 aliphatic carbocycles. The number of carbonyl (C=O) groups excluding carboxylic acids is 1. The summed E-state index contributed by atoms with van der Waals surface area (Å²) in [6, 6.07) is 7.08. The van der Waals surface area contributed by atoms with Gasteiger partial charge in [-0.2, -0.15) is 11.8 Å². The second kappa shape index (κ2) is 9.10. The van der Waals surface area contributed by atoms with E-state index in [-0.39, 0.29) is 6.54 Å². The molecular weight excluding hydrogens is 340 g/mol. The van der Waals surface area contributed by atoms with Crippen LogP contribution in [0.2, 0.25) is 0 Å². The predicted molar refractivity (Wildman–Crippen MR) is 99.9 cm³/mol. The van der Waals surface area contributed by atoms with Crippen LogP contribution in [0, 0.1) is 0 Å². The van der Waals surface area contributed by atoms with Gasteiger partial charge in [0.25, 0.3) is 0 Å². The summed E-state index contributed by atoms with van der Waals surface area (Å²) in [6.45, 7) is 0.768. The number of rotatable bonds is 7. The zero-order valence-corrected chi connectivity index (χ0v) is 15.3. The van der Waals surface area contributed by atoms with E-state index in [1.165, 1.54) is 32.1 Å². The molecule has 0 bridgehead atoms. The van der Waals surface area contributed by atoms with Crippen molar-refractivity contribution < 1.29 is 19.8 Å². The molecule has 0 aromatic heterocycles. The number of nitrogens with one attached hydrogen (secondary N) is 2. The Bertz CT molecular complexity index is 600. The van der Waals surface area contributed by atoms with Gasteiger partial charge in [0.1, 0.15) is 0 Å². The van der Waals surface area contributed by atoms with E-state index in [0.717, 1.165) is 23.5 Å². The van der Waals surface area contributed by atoms with Crippen molar-refractivity contribution in [3.05, 3.63) is 29.8 Å². The normalized spacial score (nSPS) is 17.5. The largest absolute Gasteiger partial charge is 0.479 e. The molecule has 2 rings (SSSR count). The minimum absolute atomic E-state index is 0.370. The van der Waals surface area contributed by atoms with Crippen molar-refractivity contribution in [3.63, 3.8) is 0 Å². The number of urea groups is 1. The molecule has 2 amide bonds. The molecule has 4 N–H and O–H groups in total. The molecule has 1 aromatic carbocycles. The first-order valence-corrected chi connectivity index (χ1v) is 9.63. The van der Waals surface area contributed by atoms with Crippen molar-refractivity contribution >= 4 is 29.4 Å². The molecule has 1 fully saturated rings. The third-order valence-electron chi connectivity index (χ3n) is 4.28. The summed E-state index contributed by atoms with van der Waals surface area (Å²) in [6.07, 6.45) is 6.56. The Morgan fingerprint density at radius 1 is 1.28 bits per heavy atom. The third kappa shape index (κ3) is 6.59. The second-order valence-electron chi connectivity index (χ2n) is 6.66. The van der Waals surface area contributed by atoms with E-state index in [4.69, 9.17) is 5.11 Å². The minimum Gasteiger partial charge on any atom is -0.479 e. The summed E-state index contributed by atoms with van der Waals surface area (Å²) in [7, 11) is 0. The molecule has 0 radical (unpaired) electrons. The Kier molecular flexibility index (Phi) is 7.13. The maximum Gasteiger partial charge on any atom is 0.337 e. The molecule has 1 unspecified atom stereocenters. The molecule has 1 atom stereocenters. The smallest absolute Gasteiger partial charge is 0.337 e. The molecule has 1 saturated carbocycles. The number of carboxylic acids is 1. The van der Waals surface area contributed by atoms with E-state index in [0.29, 0.717) is 5.69 Å². The van der Waals surface area contributed by atoms with Crippen LogP contribution >= 0.6 is 11.8 Å². The lowest BCUT2D eigenvalue weighted by atomic mass is 10.0. The van der Waals surface area contributed by atoms with Crippen LogP contribution in [0.3, 0.4) is 0 Å². The fourth-order valence-electron chi connectivity index (χ4n) is 2.69. The summed E-state index contributed by atoms with van der Waals surface area (Å²) in [4.78, 5) is 22.7. The number of amides is 2. The van der Waals surface area contributed by atoms with Gasteiger partial charge in [0.2, 0.25) is 0 Å². The molecule has 0 spiro atoms. The van der Waals surface area contributed by atoms with Crippen molar-refractivity contribution in [1.82, 2.24) is 5.32 Å². The summed E-state index contributed by atoms with van der Waals surface area (Å²) in [5.74, 6) is -0.468. The SMILES string of the molecule is CC(O)(CNC(=O)Nc1cccc(CSC2CCCCC2)c1)C(=O)O. The van der Waals surface area contributed by atoms with Crippen LogP contribution in [0.25, 0.3) is 0 Å². The quantitative estimate of drug-likeness (QED) is 0.594. The highest BCUT2D eigenvalue weighted by atomic mass is 32.2. The first-order valence-electron chi connectivity index (χ1n) is 8.58. The molecule has 6 nitrogen and oxygen atoms in total. The number of hydrogen-bond donors (Lipinski definition) is 4. The molecule has 0 heterocycles. The second-order valence-corrected chi connectivity index (χ2v) is 7.95. The Morgan fingerprint density at radius 2 is 2.00 bits per heavy atom. The molecular formula is C18H26N2O4S. The molecule has 138 valence electrons. The minimum atomic E-state index is -1.99. The number of carbonyl (C=O) groups is 2. The van der Waals surface area contributed by atoms with Gasteiger partial charge in [0, 0.05) is 16.7 Å². The Labute approximate surface area is 152 Å². The van der Waals surface area contributed by atoms with Crippen molar-refractivity contribution in [2.75, 3.05) is 11.9 Å². The van der Waals surface area contributed by atoms with Crippen molar-refractivity contribution in [3.8, 4) is 0 Å². The van der Waals surface area contributed by atoms with E-state index in [9.17, 15) is 14.7 Å². The number of hydrogen-bond acceptors (Lipinski definition) is 4. The fourth-order valence-corrected chi connectivity index (χ4v) is 3.96. The molecule has 1 aliphatic rings. The van der Waals surface area contributed by atoms with Gasteiger partial charge in [0.15, 0.2) is 5.60 Å². The molecule has 0 aliphatic heterocycles. The van der Waals surface area contributed by atoms with Crippen LogP contribution in [-0.2, 0) is 10.5 Å². The Morgan fingerprint density at radius 3 is 2.68 bits per heavy atom. The lowest BCUT2D eigenvalue weighted by Gasteiger charge is -2.21. The van der Waals surface area contributed by atoms with Crippen molar-refractivity contribution in [1.29, 1.82) is 0 Å². The number of aliphatic hydroxyl groups is 1. The summed E-state index contributed by atoms with van der Waals surface area (Å²) in [5.41, 5.74) is -0.198. The Balaban J connectivity index is 1.81. The molecule has 0 saturated heterocycles. The lowest BCUT2D eigenvalue weighted by molar-refractivity contribution is -0.155. The van der Waals surface area contributed by atoms with Crippen LogP contribution in [0.15, 0.2) is 24.3 Å². The van der Waals surface area contributed by atoms with Gasteiger partial charge in [-0.05, 0) is 37.5 Å². The molecule has 7 heteroatoms. The van der Waals surface area contributed by atoms with Crippen LogP contribution in [0.4, 0.5) is 10.5 Å². The number of benzene rings is 1. The van der Waals surface area contributed by atoms with E-state index in [2.05, 4.69) is 10.6 Å². The van der Waals surface area contributed by atoms with Gasteiger partial charge in [-0.1, -0.05) is 31.4 Å². The van der Waals surface area contributed by atoms with Crippen LogP contribution in [0.5, 0.6) is 0 Å². The number of aliphatic carboxylic acids is 1. The topological polar surface area (TPSA) is 98.7 Å². The highest BCUT2D eigenvalue weighted by molar-refractivity contribution is 7.99. The summed E-state index contributed by atoms with van der Waals surface area (Å²) < 4.78 is 0. The van der Waals surface area contributed by atoms with Gasteiger partial charge in [-0.25, -0.2) is 9.59 Å². The number of anilines is 1. The van der Waals surface area contributed by atoms with E-state index >= 15 is 0 Å². The van der Waals surface area contributed by atoms with Gasteiger partial charge < -0.3 is 20.8 Å². The molecule has 25 heavy (non-hydrogen) atoms. The van der Waals surface area contributed by atoms with Crippen LogP contribution < -0.4 is 10.6 Å². The van der Waals surface area contributed by atoms with Gasteiger partial charge in [-0.3, -0.25) is 0 Å². The van der Waals surface area contributed by atoms with E-state index in [1.807, 2.05) is 30.0 Å². The van der Waals surface area contributed by atoms with E-state index in [1.54, 1.807) is 6.07 Å². The highest BCUT2D eigenvalue weighted by Gasteiger charge is 2.30. The van der Waals surface area contributed by atoms with Crippen molar-refractivity contribution in [2.24, 2.45) is 0 Å². The first kappa shape index (κ1) is 19.6. The lowest BCUT2D eigenvalue weighted by Crippen LogP contribution is -2.47. The van der Waals surface area contributed by atoms with Gasteiger partial charge in [0.05, 0.1) is 6.54 Å².